The molecule has 168 valence electrons. The van der Waals surface area contributed by atoms with Crippen LogP contribution >= 0.6 is 7.60 Å². The molecule has 1 amide bonds. The summed E-state index contributed by atoms with van der Waals surface area (Å²) in [6.45, 7) is 10.3. The summed E-state index contributed by atoms with van der Waals surface area (Å²) >= 11 is 0. The molecule has 0 spiro atoms. The van der Waals surface area contributed by atoms with Crippen molar-refractivity contribution in [3.63, 3.8) is 0 Å². The van der Waals surface area contributed by atoms with Crippen LogP contribution in [0, 0.1) is 0 Å². The van der Waals surface area contributed by atoms with Crippen LogP contribution in [-0.4, -0.2) is 43.3 Å². The van der Waals surface area contributed by atoms with Gasteiger partial charge in [0.1, 0.15) is 6.16 Å². The number of carbonyl (C=O) groups is 1. The molecule has 0 atom stereocenters. The van der Waals surface area contributed by atoms with E-state index < -0.39 is 7.60 Å². The minimum absolute atomic E-state index is 0.139. The van der Waals surface area contributed by atoms with Gasteiger partial charge < -0.3 is 13.9 Å². The fraction of sp³-hybridized carbons (Fsp3) is 0.955. The predicted octanol–water partition coefficient (Wildman–Crippen LogP) is 6.80. The van der Waals surface area contributed by atoms with Gasteiger partial charge in [0.15, 0.2) is 0 Å². The molecule has 5 nitrogen and oxygen atoms in total. The lowest BCUT2D eigenvalue weighted by Gasteiger charge is -2.23. The van der Waals surface area contributed by atoms with Crippen molar-refractivity contribution < 1.29 is 18.4 Å². The molecule has 0 N–H and O–H groups in total. The third-order valence-electron chi connectivity index (χ3n) is 5.02. The van der Waals surface area contributed by atoms with Gasteiger partial charge >= 0.3 is 7.60 Å². The molecule has 0 aliphatic carbocycles. The monoisotopic (exact) mass is 419 g/mol. The molecule has 0 fully saturated rings. The van der Waals surface area contributed by atoms with Crippen LogP contribution in [0.15, 0.2) is 0 Å². The molecule has 6 heteroatoms. The van der Waals surface area contributed by atoms with Gasteiger partial charge in [-0.25, -0.2) is 0 Å². The molecule has 0 radical (unpaired) electrons. The van der Waals surface area contributed by atoms with E-state index in [0.29, 0.717) is 26.3 Å². The summed E-state index contributed by atoms with van der Waals surface area (Å²) in [5, 5.41) is 0. The molecule has 0 saturated carbocycles. The van der Waals surface area contributed by atoms with Crippen LogP contribution in [-0.2, 0) is 18.4 Å². The number of amides is 1. The van der Waals surface area contributed by atoms with Crippen LogP contribution in [0.5, 0.6) is 0 Å². The second-order valence-electron chi connectivity index (χ2n) is 7.54. The van der Waals surface area contributed by atoms with Gasteiger partial charge in [-0.2, -0.15) is 0 Å². The summed E-state index contributed by atoms with van der Waals surface area (Å²) in [5.41, 5.74) is 0. The Labute approximate surface area is 174 Å². The van der Waals surface area contributed by atoms with Gasteiger partial charge in [0.2, 0.25) is 5.91 Å². The van der Waals surface area contributed by atoms with Crippen LogP contribution in [0.4, 0.5) is 0 Å². The van der Waals surface area contributed by atoms with Crippen LogP contribution in [0.25, 0.3) is 0 Å². The molecule has 0 rings (SSSR count). The van der Waals surface area contributed by atoms with E-state index in [4.69, 9.17) is 9.05 Å². The van der Waals surface area contributed by atoms with Gasteiger partial charge in [-0.3, -0.25) is 9.36 Å². The summed E-state index contributed by atoms with van der Waals surface area (Å²) in [5.74, 6) is -0.140. The molecule has 0 heterocycles. The maximum Gasteiger partial charge on any atom is 0.340 e. The Kier molecular flexibility index (Phi) is 18.4. The summed E-state index contributed by atoms with van der Waals surface area (Å²) < 4.78 is 24.5. The Morgan fingerprint density at radius 1 is 0.679 bits per heavy atom. The highest BCUT2D eigenvalue weighted by molar-refractivity contribution is 7.54. The molecule has 0 aliphatic heterocycles. The normalized spacial score (nSPS) is 11.7. The van der Waals surface area contributed by atoms with E-state index in [2.05, 4.69) is 13.8 Å². The summed E-state index contributed by atoms with van der Waals surface area (Å²) in [4.78, 5) is 14.1. The SMILES string of the molecule is CCCCCCCCOP(=O)(CC(=O)N(CC)CC)OCCCCCCCC. The molecular formula is C22H46NO4P. The highest BCUT2D eigenvalue weighted by Crippen LogP contribution is 2.48. The van der Waals surface area contributed by atoms with Crippen molar-refractivity contribution in [2.45, 2.75) is 105 Å². The van der Waals surface area contributed by atoms with Gasteiger partial charge in [-0.1, -0.05) is 78.1 Å². The first-order valence-corrected chi connectivity index (χ1v) is 13.4. The number of hydrogen-bond donors (Lipinski definition) is 0. The Balaban J connectivity index is 4.39. The number of carbonyl (C=O) groups excluding carboxylic acids is 1. The first kappa shape index (κ1) is 27.6. The smallest absolute Gasteiger partial charge is 0.340 e. The standard InChI is InChI=1S/C22H46NO4P/c1-5-9-11-13-15-17-19-26-28(25,21-22(24)23(7-3)8-4)27-20-18-16-14-12-10-6-2/h5-21H2,1-4H3. The van der Waals surface area contributed by atoms with E-state index in [9.17, 15) is 9.36 Å². The number of unbranched alkanes of at least 4 members (excludes halogenated alkanes) is 10. The molecule has 0 bridgehead atoms. The predicted molar refractivity (Wildman–Crippen MR) is 119 cm³/mol. The zero-order chi connectivity index (χ0) is 21.1. The van der Waals surface area contributed by atoms with Gasteiger partial charge in [0.25, 0.3) is 0 Å². The van der Waals surface area contributed by atoms with Crippen LogP contribution < -0.4 is 0 Å². The highest BCUT2D eigenvalue weighted by Gasteiger charge is 2.30. The zero-order valence-corrected chi connectivity index (χ0v) is 19.9. The van der Waals surface area contributed by atoms with Crippen LogP contribution in [0.3, 0.4) is 0 Å². The molecule has 28 heavy (non-hydrogen) atoms. The van der Waals surface area contributed by atoms with E-state index in [-0.39, 0.29) is 12.1 Å². The Hall–Kier alpha value is -0.380. The fourth-order valence-corrected chi connectivity index (χ4v) is 4.75. The van der Waals surface area contributed by atoms with Crippen molar-refractivity contribution in [2.24, 2.45) is 0 Å². The molecule has 0 aromatic carbocycles. The first-order chi connectivity index (χ1) is 13.5. The average Bonchev–Trinajstić information content (AvgIpc) is 2.67. The number of nitrogens with zero attached hydrogens (tertiary/aromatic N) is 1. The van der Waals surface area contributed by atoms with Crippen molar-refractivity contribution in [1.29, 1.82) is 0 Å². The van der Waals surface area contributed by atoms with Crippen LogP contribution in [0.1, 0.15) is 105 Å². The maximum atomic E-state index is 13.1. The van der Waals surface area contributed by atoms with Gasteiger partial charge in [-0.15, -0.1) is 0 Å². The Morgan fingerprint density at radius 2 is 1.07 bits per heavy atom. The Bertz CT molecular complexity index is 391. The summed E-state index contributed by atoms with van der Waals surface area (Å²) in [6, 6.07) is 0. The zero-order valence-electron chi connectivity index (χ0n) is 19.0. The lowest BCUT2D eigenvalue weighted by Crippen LogP contribution is -2.33. The summed E-state index contributed by atoms with van der Waals surface area (Å²) in [6.07, 6.45) is 13.6. The first-order valence-electron chi connectivity index (χ1n) is 11.7. The van der Waals surface area contributed by atoms with E-state index in [0.717, 1.165) is 25.7 Å². The molecule has 0 aromatic rings. The van der Waals surface area contributed by atoms with E-state index >= 15 is 0 Å². The molecule has 0 saturated heterocycles. The van der Waals surface area contributed by atoms with Gasteiger partial charge in [0, 0.05) is 13.1 Å². The number of rotatable bonds is 20. The molecule has 0 aliphatic rings. The van der Waals surface area contributed by atoms with Crippen molar-refractivity contribution >= 4 is 13.5 Å². The van der Waals surface area contributed by atoms with Gasteiger partial charge in [0.05, 0.1) is 13.2 Å². The average molecular weight is 420 g/mol. The largest absolute Gasteiger partial charge is 0.343 e. The Morgan fingerprint density at radius 3 is 1.46 bits per heavy atom. The third kappa shape index (κ3) is 14.6. The molecule has 0 aromatic heterocycles. The minimum atomic E-state index is -3.37. The fourth-order valence-electron chi connectivity index (χ4n) is 3.14. The lowest BCUT2D eigenvalue weighted by molar-refractivity contribution is -0.128. The topological polar surface area (TPSA) is 55.8 Å². The van der Waals surface area contributed by atoms with Crippen LogP contribution in [0.2, 0.25) is 0 Å². The molecule has 0 unspecified atom stereocenters. The van der Waals surface area contributed by atoms with Crippen molar-refractivity contribution in [3.05, 3.63) is 0 Å². The van der Waals surface area contributed by atoms with Crippen molar-refractivity contribution in [3.8, 4) is 0 Å². The highest BCUT2D eigenvalue weighted by atomic mass is 31.2. The second kappa shape index (κ2) is 18.6. The maximum absolute atomic E-state index is 13.1. The quantitative estimate of drug-likeness (QED) is 0.161. The van der Waals surface area contributed by atoms with E-state index in [1.165, 1.54) is 51.4 Å². The lowest BCUT2D eigenvalue weighted by atomic mass is 10.1. The van der Waals surface area contributed by atoms with Crippen molar-refractivity contribution in [2.75, 3.05) is 32.5 Å². The van der Waals surface area contributed by atoms with Crippen molar-refractivity contribution in [1.82, 2.24) is 4.90 Å². The number of hydrogen-bond acceptors (Lipinski definition) is 4. The van der Waals surface area contributed by atoms with Gasteiger partial charge in [-0.05, 0) is 26.7 Å². The summed E-state index contributed by atoms with van der Waals surface area (Å²) in [7, 11) is -3.37. The minimum Gasteiger partial charge on any atom is -0.343 e. The molecular weight excluding hydrogens is 373 g/mol. The third-order valence-corrected chi connectivity index (χ3v) is 6.83. The van der Waals surface area contributed by atoms with E-state index in [1.54, 1.807) is 4.90 Å². The van der Waals surface area contributed by atoms with E-state index in [1.807, 2.05) is 13.8 Å². The second-order valence-corrected chi connectivity index (χ2v) is 9.59.